The van der Waals surface area contributed by atoms with Crippen LogP contribution in [0.3, 0.4) is 0 Å². The molecule has 0 aromatic carbocycles. The number of hydrogen-bond donors (Lipinski definition) is 0. The fraction of sp³-hybridized carbons (Fsp3) is 1.00. The van der Waals surface area contributed by atoms with Crippen LogP contribution in [0.1, 0.15) is 71.1 Å². The van der Waals surface area contributed by atoms with Crippen LogP contribution in [-0.4, -0.2) is 6.61 Å². The van der Waals surface area contributed by atoms with Crippen molar-refractivity contribution in [3.63, 3.8) is 0 Å². The third-order valence-electron chi connectivity index (χ3n) is 2.74. The van der Waals surface area contributed by atoms with Crippen LogP contribution in [0.2, 0.25) is 0 Å². The third kappa shape index (κ3) is 16.8. The Morgan fingerprint density at radius 2 is 1.24 bits per heavy atom. The fourth-order valence-electron chi connectivity index (χ4n) is 1.76. The van der Waals surface area contributed by atoms with E-state index in [0.29, 0.717) is 6.61 Å². The summed E-state index contributed by atoms with van der Waals surface area (Å²) in [6.07, 6.45) is 9.30. The van der Waals surface area contributed by atoms with E-state index in [1.807, 2.05) is 0 Å². The van der Waals surface area contributed by atoms with Crippen LogP contribution in [0.25, 0.3) is 0 Å². The largest absolute Gasteiger partial charge is 0.380 e. The van der Waals surface area contributed by atoms with Gasteiger partial charge in [0.25, 0.3) is 0 Å². The zero-order valence-corrected chi connectivity index (χ0v) is 13.2. The Hall–Kier alpha value is 0.770. The lowest BCUT2D eigenvalue weighted by molar-refractivity contribution is 0.320. The second kappa shape index (κ2) is 11.8. The Morgan fingerprint density at radius 1 is 0.824 bits per heavy atom. The van der Waals surface area contributed by atoms with Crippen molar-refractivity contribution in [2.24, 2.45) is 0 Å². The molecule has 0 bridgehead atoms. The van der Waals surface area contributed by atoms with Gasteiger partial charge in [0.2, 0.25) is 0 Å². The molecule has 0 spiro atoms. The lowest BCUT2D eigenvalue weighted by Crippen LogP contribution is -1.88. The summed E-state index contributed by atoms with van der Waals surface area (Å²) in [5.41, 5.74) is 0. The molecular weight excluding hydrogens is 278 g/mol. The average molecular weight is 303 g/mol. The molecule has 0 fully saturated rings. The van der Waals surface area contributed by atoms with Crippen molar-refractivity contribution in [2.75, 3.05) is 6.61 Å². The highest BCUT2D eigenvalue weighted by atomic mass is 35.9. The molecule has 0 rings (SSSR count). The third-order valence-corrected chi connectivity index (χ3v) is 3.81. The molecule has 0 amide bonds. The first-order chi connectivity index (χ1) is 8.06. The van der Waals surface area contributed by atoms with E-state index in [9.17, 15) is 4.57 Å². The molecule has 0 atom stereocenters. The topological polar surface area (TPSA) is 26.3 Å². The van der Waals surface area contributed by atoms with E-state index in [0.717, 1.165) is 12.8 Å². The van der Waals surface area contributed by atoms with Crippen LogP contribution >= 0.6 is 28.6 Å². The molecule has 17 heavy (non-hydrogen) atoms. The van der Waals surface area contributed by atoms with Gasteiger partial charge < -0.3 is 4.52 Å². The van der Waals surface area contributed by atoms with Crippen LogP contribution in [-0.2, 0) is 9.09 Å². The quantitative estimate of drug-likeness (QED) is 0.303. The van der Waals surface area contributed by atoms with E-state index in [1.54, 1.807) is 0 Å². The second-order valence-electron chi connectivity index (χ2n) is 4.43. The molecule has 0 radical (unpaired) electrons. The number of hydrogen-bond acceptors (Lipinski definition) is 2. The SMILES string of the molecule is CCCCCCCCCCCCOP(=O)(Cl)Cl. The minimum Gasteiger partial charge on any atom is -0.306 e. The highest BCUT2D eigenvalue weighted by Crippen LogP contribution is 2.57. The highest BCUT2D eigenvalue weighted by Gasteiger charge is 2.12. The smallest absolute Gasteiger partial charge is 0.306 e. The summed E-state index contributed by atoms with van der Waals surface area (Å²) in [4.78, 5) is 0. The lowest BCUT2D eigenvalue weighted by Gasteiger charge is -2.04. The number of unbranched alkanes of at least 4 members (excludes halogenated alkanes) is 9. The Morgan fingerprint density at radius 3 is 1.65 bits per heavy atom. The van der Waals surface area contributed by atoms with Gasteiger partial charge in [-0.25, -0.2) is 0 Å². The Kier molecular flexibility index (Phi) is 12.4. The van der Waals surface area contributed by atoms with Crippen LogP contribution < -0.4 is 0 Å². The van der Waals surface area contributed by atoms with Gasteiger partial charge >= 0.3 is 6.07 Å². The molecule has 0 aromatic heterocycles. The average Bonchev–Trinajstić information content (AvgIpc) is 2.24. The first kappa shape index (κ1) is 17.8. The molecule has 104 valence electrons. The van der Waals surface area contributed by atoms with Gasteiger partial charge in [-0.1, -0.05) is 64.7 Å². The summed E-state index contributed by atoms with van der Waals surface area (Å²) in [7, 11) is 0. The molecule has 0 saturated heterocycles. The van der Waals surface area contributed by atoms with Crippen LogP contribution in [0.5, 0.6) is 0 Å². The molecule has 0 heterocycles. The predicted octanol–water partition coefficient (Wildman–Crippen LogP) is 6.51. The zero-order valence-electron chi connectivity index (χ0n) is 10.8. The zero-order chi connectivity index (χ0) is 13.0. The van der Waals surface area contributed by atoms with Crippen LogP contribution in [0.4, 0.5) is 0 Å². The van der Waals surface area contributed by atoms with Crippen molar-refractivity contribution in [2.45, 2.75) is 71.1 Å². The highest BCUT2D eigenvalue weighted by molar-refractivity contribution is 8.05. The standard InChI is InChI=1S/C12H25Cl2O2P/c1-2-3-4-5-6-7-8-9-10-11-12-16-17(13,14)15/h2-12H2,1H3. The minimum absolute atomic E-state index is 0.404. The molecule has 0 saturated carbocycles. The molecule has 0 unspecified atom stereocenters. The van der Waals surface area contributed by atoms with Gasteiger partial charge in [-0.15, -0.1) is 0 Å². The second-order valence-corrected chi connectivity index (χ2v) is 8.71. The molecule has 2 nitrogen and oxygen atoms in total. The van der Waals surface area contributed by atoms with Gasteiger partial charge in [0, 0.05) is 0 Å². The van der Waals surface area contributed by atoms with Gasteiger partial charge in [0.1, 0.15) is 0 Å². The lowest BCUT2D eigenvalue weighted by atomic mass is 10.1. The van der Waals surface area contributed by atoms with E-state index in [1.165, 1.54) is 51.4 Å². The maximum Gasteiger partial charge on any atom is 0.380 e. The van der Waals surface area contributed by atoms with Crippen molar-refractivity contribution in [3.8, 4) is 0 Å². The summed E-state index contributed by atoms with van der Waals surface area (Å²) < 4.78 is 15.6. The Balaban J connectivity index is 3.01. The maximum absolute atomic E-state index is 10.8. The van der Waals surface area contributed by atoms with Gasteiger partial charge in [-0.05, 0) is 28.9 Å². The predicted molar refractivity (Wildman–Crippen MR) is 77.1 cm³/mol. The van der Waals surface area contributed by atoms with E-state index >= 15 is 0 Å². The molecule has 5 heteroatoms. The summed E-state index contributed by atoms with van der Waals surface area (Å²) in [5.74, 6) is 0. The normalized spacial score (nSPS) is 11.9. The summed E-state index contributed by atoms with van der Waals surface area (Å²) in [5, 5.41) is 0. The van der Waals surface area contributed by atoms with E-state index < -0.39 is 6.07 Å². The molecule has 0 aliphatic carbocycles. The van der Waals surface area contributed by atoms with E-state index in [2.05, 4.69) is 6.92 Å². The van der Waals surface area contributed by atoms with Crippen molar-refractivity contribution in [3.05, 3.63) is 0 Å². The molecule has 0 aliphatic heterocycles. The van der Waals surface area contributed by atoms with Crippen LogP contribution in [0, 0.1) is 0 Å². The van der Waals surface area contributed by atoms with Crippen LogP contribution in [0.15, 0.2) is 0 Å². The molecule has 0 N–H and O–H groups in total. The summed E-state index contributed by atoms with van der Waals surface area (Å²) in [6, 6.07) is 0. The van der Waals surface area contributed by atoms with Crippen molar-refractivity contribution >= 4 is 28.6 Å². The van der Waals surface area contributed by atoms with Gasteiger partial charge in [0.15, 0.2) is 0 Å². The fourth-order valence-corrected chi connectivity index (χ4v) is 2.52. The monoisotopic (exact) mass is 302 g/mol. The van der Waals surface area contributed by atoms with E-state index in [4.69, 9.17) is 27.0 Å². The van der Waals surface area contributed by atoms with Gasteiger partial charge in [0.05, 0.1) is 6.61 Å². The summed E-state index contributed by atoms with van der Waals surface area (Å²) >= 11 is 10.5. The number of rotatable bonds is 12. The van der Waals surface area contributed by atoms with Gasteiger partial charge in [-0.2, -0.15) is 0 Å². The summed E-state index contributed by atoms with van der Waals surface area (Å²) in [6.45, 7) is 2.64. The Labute approximate surface area is 115 Å². The first-order valence-corrected chi connectivity index (χ1v) is 10.1. The molecule has 0 aromatic rings. The maximum atomic E-state index is 10.8. The van der Waals surface area contributed by atoms with Gasteiger partial charge in [-0.3, -0.25) is 4.57 Å². The number of halogens is 2. The van der Waals surface area contributed by atoms with Crippen molar-refractivity contribution in [1.82, 2.24) is 0 Å². The first-order valence-electron chi connectivity index (χ1n) is 6.70. The Bertz CT molecular complexity index is 207. The van der Waals surface area contributed by atoms with Crippen molar-refractivity contribution in [1.29, 1.82) is 0 Å². The minimum atomic E-state index is -3.30. The molecule has 0 aliphatic rings. The van der Waals surface area contributed by atoms with Crippen molar-refractivity contribution < 1.29 is 9.09 Å². The van der Waals surface area contributed by atoms with E-state index in [-0.39, 0.29) is 0 Å². The molecular formula is C12H25Cl2O2P.